The highest BCUT2D eigenvalue weighted by Crippen LogP contribution is 2.14. The first-order chi connectivity index (χ1) is 5.04. The van der Waals surface area contributed by atoms with Crippen molar-refractivity contribution in [3.63, 3.8) is 0 Å². The highest BCUT2D eigenvalue weighted by molar-refractivity contribution is 5.57. The molecule has 0 aliphatic carbocycles. The molecule has 0 aromatic carbocycles. The van der Waals surface area contributed by atoms with E-state index in [1.807, 2.05) is 27.8 Å². The average molecular weight is 159 g/mol. The van der Waals surface area contributed by atoms with Crippen LogP contribution in [0.5, 0.6) is 0 Å². The van der Waals surface area contributed by atoms with Gasteiger partial charge in [-0.3, -0.25) is 0 Å². The summed E-state index contributed by atoms with van der Waals surface area (Å²) in [4.78, 5) is 10.1. The van der Waals surface area contributed by atoms with Gasteiger partial charge in [0.2, 0.25) is 0 Å². The third-order valence-corrected chi connectivity index (χ3v) is 1.58. The van der Waals surface area contributed by atoms with Gasteiger partial charge in [-0.2, -0.15) is 0 Å². The molecule has 0 saturated heterocycles. The number of hydrogen-bond acceptors (Lipinski definition) is 2. The van der Waals surface area contributed by atoms with Gasteiger partial charge >= 0.3 is 0 Å². The van der Waals surface area contributed by atoms with E-state index in [1.165, 1.54) is 0 Å². The molecule has 0 spiro atoms. The van der Waals surface area contributed by atoms with E-state index in [2.05, 4.69) is 12.2 Å². The van der Waals surface area contributed by atoms with Crippen molar-refractivity contribution in [2.24, 2.45) is 5.41 Å². The van der Waals surface area contributed by atoms with E-state index >= 15 is 0 Å². The predicted molar refractivity (Wildman–Crippen MR) is 49.7 cm³/mol. The Bertz CT molecular complexity index is 87.6. The SMILES string of the molecule is CCC(C)(C)C=O.CCNC. The molecule has 1 N–H and O–H groups in total. The zero-order valence-corrected chi connectivity index (χ0v) is 8.40. The Kier molecular flexibility index (Phi) is 9.31. The van der Waals surface area contributed by atoms with E-state index in [4.69, 9.17) is 0 Å². The largest absolute Gasteiger partial charge is 0.320 e. The summed E-state index contributed by atoms with van der Waals surface area (Å²) in [7, 11) is 1.93. The summed E-state index contributed by atoms with van der Waals surface area (Å²) < 4.78 is 0. The number of carbonyl (C=O) groups is 1. The Balaban J connectivity index is 0. The molecule has 0 aromatic rings. The number of hydrogen-bond donors (Lipinski definition) is 1. The van der Waals surface area contributed by atoms with Crippen molar-refractivity contribution in [2.75, 3.05) is 13.6 Å². The lowest BCUT2D eigenvalue weighted by atomic mass is 9.93. The average Bonchev–Trinajstić information content (AvgIpc) is 2.05. The number of aldehydes is 1. The Morgan fingerprint density at radius 3 is 1.73 bits per heavy atom. The molecule has 2 nitrogen and oxygen atoms in total. The van der Waals surface area contributed by atoms with Gasteiger partial charge in [-0.25, -0.2) is 0 Å². The molecule has 0 aromatic heterocycles. The van der Waals surface area contributed by atoms with Crippen LogP contribution in [0.15, 0.2) is 0 Å². The highest BCUT2D eigenvalue weighted by Gasteiger charge is 2.11. The number of carbonyl (C=O) groups excluding carboxylic acids is 1. The fourth-order valence-corrected chi connectivity index (χ4v) is 0.0833. The van der Waals surface area contributed by atoms with Crippen LogP contribution in [-0.2, 0) is 4.79 Å². The van der Waals surface area contributed by atoms with Crippen LogP contribution < -0.4 is 5.32 Å². The van der Waals surface area contributed by atoms with Gasteiger partial charge in [0.05, 0.1) is 0 Å². The van der Waals surface area contributed by atoms with Gasteiger partial charge in [0, 0.05) is 5.41 Å². The molecule has 11 heavy (non-hydrogen) atoms. The first-order valence-electron chi connectivity index (χ1n) is 4.15. The second kappa shape index (κ2) is 7.73. The van der Waals surface area contributed by atoms with E-state index in [0.29, 0.717) is 0 Å². The summed E-state index contributed by atoms with van der Waals surface area (Å²) >= 11 is 0. The summed E-state index contributed by atoms with van der Waals surface area (Å²) in [6, 6.07) is 0. The first kappa shape index (κ1) is 13.2. The molecule has 0 unspecified atom stereocenters. The molecule has 0 aliphatic rings. The fourth-order valence-electron chi connectivity index (χ4n) is 0.0833. The highest BCUT2D eigenvalue weighted by atomic mass is 16.1. The lowest BCUT2D eigenvalue weighted by Gasteiger charge is -2.10. The van der Waals surface area contributed by atoms with Crippen LogP contribution in [0.2, 0.25) is 0 Å². The normalized spacial score (nSPS) is 9.91. The zero-order chi connectivity index (χ0) is 9.33. The minimum Gasteiger partial charge on any atom is -0.320 e. The smallest absolute Gasteiger partial charge is 0.125 e. The molecule has 0 fully saturated rings. The second-order valence-corrected chi connectivity index (χ2v) is 3.17. The molecule has 0 heterocycles. The third kappa shape index (κ3) is 12.8. The Morgan fingerprint density at radius 1 is 1.36 bits per heavy atom. The summed E-state index contributed by atoms with van der Waals surface area (Å²) in [6.07, 6.45) is 1.92. The standard InChI is InChI=1S/C6H12O.C3H9N/c1-4-6(2,3)5-7;1-3-4-2/h5H,4H2,1-3H3;4H,3H2,1-2H3. The van der Waals surface area contributed by atoms with Crippen molar-refractivity contribution in [1.29, 1.82) is 0 Å². The van der Waals surface area contributed by atoms with Crippen LogP contribution >= 0.6 is 0 Å². The van der Waals surface area contributed by atoms with E-state index in [1.54, 1.807) is 0 Å². The Labute approximate surface area is 70.4 Å². The van der Waals surface area contributed by atoms with Crippen molar-refractivity contribution in [2.45, 2.75) is 34.1 Å². The topological polar surface area (TPSA) is 29.1 Å². The van der Waals surface area contributed by atoms with Gasteiger partial charge in [-0.15, -0.1) is 0 Å². The van der Waals surface area contributed by atoms with Crippen LogP contribution in [0.25, 0.3) is 0 Å². The van der Waals surface area contributed by atoms with Crippen molar-refractivity contribution in [1.82, 2.24) is 5.32 Å². The van der Waals surface area contributed by atoms with Crippen LogP contribution in [0, 0.1) is 5.41 Å². The lowest BCUT2D eigenvalue weighted by molar-refractivity contribution is -0.114. The predicted octanol–water partition coefficient (Wildman–Crippen LogP) is 1.85. The molecule has 0 bridgehead atoms. The van der Waals surface area contributed by atoms with Gasteiger partial charge in [0.25, 0.3) is 0 Å². The van der Waals surface area contributed by atoms with Gasteiger partial charge in [-0.05, 0) is 20.0 Å². The lowest BCUT2D eigenvalue weighted by Crippen LogP contribution is -2.09. The van der Waals surface area contributed by atoms with E-state index in [-0.39, 0.29) is 5.41 Å². The molecule has 0 radical (unpaired) electrons. The minimum absolute atomic E-state index is 0.0972. The van der Waals surface area contributed by atoms with Crippen molar-refractivity contribution in [3.05, 3.63) is 0 Å². The molecule has 2 heteroatoms. The van der Waals surface area contributed by atoms with Crippen LogP contribution in [0.3, 0.4) is 0 Å². The summed E-state index contributed by atoms with van der Waals surface area (Å²) in [5.74, 6) is 0. The van der Waals surface area contributed by atoms with E-state index in [0.717, 1.165) is 19.3 Å². The molecular weight excluding hydrogens is 138 g/mol. The molecule has 0 rings (SSSR count). The zero-order valence-electron chi connectivity index (χ0n) is 8.40. The summed E-state index contributed by atoms with van der Waals surface area (Å²) in [6.45, 7) is 9.01. The fraction of sp³-hybridized carbons (Fsp3) is 0.889. The quantitative estimate of drug-likeness (QED) is 0.637. The Morgan fingerprint density at radius 2 is 1.73 bits per heavy atom. The molecule has 0 atom stereocenters. The van der Waals surface area contributed by atoms with Crippen LogP contribution in [0.1, 0.15) is 34.1 Å². The maximum atomic E-state index is 10.1. The van der Waals surface area contributed by atoms with Gasteiger partial charge in [-0.1, -0.05) is 27.7 Å². The monoisotopic (exact) mass is 159 g/mol. The van der Waals surface area contributed by atoms with Crippen LogP contribution in [-0.4, -0.2) is 19.9 Å². The molecule has 0 amide bonds. The van der Waals surface area contributed by atoms with E-state index in [9.17, 15) is 4.79 Å². The van der Waals surface area contributed by atoms with Gasteiger partial charge in [0.1, 0.15) is 6.29 Å². The van der Waals surface area contributed by atoms with Crippen molar-refractivity contribution >= 4 is 6.29 Å². The number of rotatable bonds is 3. The third-order valence-electron chi connectivity index (χ3n) is 1.58. The molecular formula is C9H21NO. The van der Waals surface area contributed by atoms with Crippen molar-refractivity contribution in [3.8, 4) is 0 Å². The minimum atomic E-state index is -0.0972. The van der Waals surface area contributed by atoms with Crippen molar-refractivity contribution < 1.29 is 4.79 Å². The van der Waals surface area contributed by atoms with Gasteiger partial charge < -0.3 is 10.1 Å². The first-order valence-corrected chi connectivity index (χ1v) is 4.15. The maximum absolute atomic E-state index is 10.1. The second-order valence-electron chi connectivity index (χ2n) is 3.17. The van der Waals surface area contributed by atoms with E-state index < -0.39 is 0 Å². The molecule has 0 aliphatic heterocycles. The Hall–Kier alpha value is -0.370. The molecule has 0 saturated carbocycles. The van der Waals surface area contributed by atoms with Gasteiger partial charge in [0.15, 0.2) is 0 Å². The maximum Gasteiger partial charge on any atom is 0.125 e. The number of nitrogens with one attached hydrogen (secondary N) is 1. The molecule has 68 valence electrons. The summed E-state index contributed by atoms with van der Waals surface area (Å²) in [5.41, 5.74) is -0.0972. The summed E-state index contributed by atoms with van der Waals surface area (Å²) in [5, 5.41) is 2.93. The van der Waals surface area contributed by atoms with Crippen LogP contribution in [0.4, 0.5) is 0 Å².